The molecule has 1 aromatic carbocycles. The molecule has 2 heterocycles. The van der Waals surface area contributed by atoms with Gasteiger partial charge in [0, 0.05) is 16.5 Å². The van der Waals surface area contributed by atoms with Crippen LogP contribution in [0.4, 0.5) is 5.00 Å². The van der Waals surface area contributed by atoms with Gasteiger partial charge in [-0.15, -0.1) is 11.3 Å². The van der Waals surface area contributed by atoms with Crippen LogP contribution in [-0.4, -0.2) is 18.0 Å². The predicted molar refractivity (Wildman–Crippen MR) is 138 cm³/mol. The minimum absolute atomic E-state index is 0.158. The van der Waals surface area contributed by atoms with E-state index in [1.165, 1.54) is 17.4 Å². The molecule has 0 atom stereocenters. The maximum absolute atomic E-state index is 13.0. The minimum atomic E-state index is -0.628. The number of anilines is 1. The lowest BCUT2D eigenvalue weighted by Gasteiger charge is -2.14. The summed E-state index contributed by atoms with van der Waals surface area (Å²) >= 11 is 13.4. The van der Waals surface area contributed by atoms with E-state index in [0.29, 0.717) is 37.7 Å². The van der Waals surface area contributed by atoms with Crippen LogP contribution in [0, 0.1) is 11.3 Å². The number of hydrogen-bond acceptors (Lipinski definition) is 6. The molecule has 1 aliphatic rings. The van der Waals surface area contributed by atoms with Gasteiger partial charge >= 0.3 is 5.97 Å². The van der Waals surface area contributed by atoms with Crippen molar-refractivity contribution in [1.29, 1.82) is 5.26 Å². The van der Waals surface area contributed by atoms with Crippen LogP contribution in [0.3, 0.4) is 0 Å². The second-order valence-corrected chi connectivity index (χ2v) is 10.2. The molecule has 0 saturated carbocycles. The van der Waals surface area contributed by atoms with Crippen molar-refractivity contribution in [2.45, 2.75) is 45.6 Å². The number of nitriles is 1. The molecule has 1 N–H and O–H groups in total. The topological polar surface area (TPSA) is 92.3 Å². The number of nitrogens with zero attached hydrogens (tertiary/aromatic N) is 1. The van der Waals surface area contributed by atoms with Gasteiger partial charge in [-0.3, -0.25) is 4.79 Å². The van der Waals surface area contributed by atoms with E-state index in [4.69, 9.17) is 32.4 Å². The van der Waals surface area contributed by atoms with E-state index in [9.17, 15) is 14.9 Å². The third-order valence-electron chi connectivity index (χ3n) is 5.43. The number of benzene rings is 1. The summed E-state index contributed by atoms with van der Waals surface area (Å²) in [6.07, 6.45) is 4.68. The Bertz CT molecular complexity index is 1360. The van der Waals surface area contributed by atoms with Crippen LogP contribution >= 0.6 is 34.5 Å². The van der Waals surface area contributed by atoms with Gasteiger partial charge in [0.05, 0.1) is 21.7 Å². The number of fused-ring (bicyclic) bond motifs is 1. The summed E-state index contributed by atoms with van der Waals surface area (Å²) in [5.41, 5.74) is 1.88. The summed E-state index contributed by atoms with van der Waals surface area (Å²) < 4.78 is 11.2. The zero-order valence-corrected chi connectivity index (χ0v) is 21.4. The van der Waals surface area contributed by atoms with E-state index in [2.05, 4.69) is 5.32 Å². The van der Waals surface area contributed by atoms with Crippen LogP contribution in [0.2, 0.25) is 10.0 Å². The lowest BCUT2D eigenvalue weighted by Crippen LogP contribution is -2.18. The van der Waals surface area contributed by atoms with Gasteiger partial charge in [-0.05, 0) is 75.4 Å². The van der Waals surface area contributed by atoms with Crippen LogP contribution in [-0.2, 0) is 22.4 Å². The molecule has 9 heteroatoms. The molecule has 0 aliphatic heterocycles. The fourth-order valence-corrected chi connectivity index (χ4v) is 5.41. The average molecular weight is 529 g/mol. The third-order valence-corrected chi connectivity index (χ3v) is 7.37. The van der Waals surface area contributed by atoms with Crippen molar-refractivity contribution in [3.63, 3.8) is 0 Å². The van der Waals surface area contributed by atoms with Crippen LogP contribution in [0.5, 0.6) is 0 Å². The lowest BCUT2D eigenvalue weighted by atomic mass is 9.95. The molecule has 0 spiro atoms. The van der Waals surface area contributed by atoms with E-state index in [0.717, 1.165) is 36.1 Å². The molecule has 6 nitrogen and oxygen atoms in total. The van der Waals surface area contributed by atoms with Crippen molar-refractivity contribution in [2.24, 2.45) is 0 Å². The van der Waals surface area contributed by atoms with Crippen molar-refractivity contribution < 1.29 is 18.7 Å². The summed E-state index contributed by atoms with van der Waals surface area (Å²) in [4.78, 5) is 26.9. The van der Waals surface area contributed by atoms with Gasteiger partial charge in [0.15, 0.2) is 0 Å². The standard InChI is InChI=1S/C26H22Cl2N2O4S/c1-14(2)33-26(32)23-18-5-3-4-6-22(18)35-25(23)30-24(31)16(13-29)11-17-8-10-21(34-17)15-7-9-19(27)20(28)12-15/h7-12,14H,3-6H2,1-2H3,(H,30,31). The number of esters is 1. The molecule has 35 heavy (non-hydrogen) atoms. The molecule has 0 unspecified atom stereocenters. The highest BCUT2D eigenvalue weighted by Gasteiger charge is 2.28. The van der Waals surface area contributed by atoms with E-state index < -0.39 is 11.9 Å². The zero-order valence-electron chi connectivity index (χ0n) is 19.1. The number of thiophene rings is 1. The highest BCUT2D eigenvalue weighted by atomic mass is 35.5. The smallest absolute Gasteiger partial charge is 0.341 e. The molecular formula is C26H22Cl2N2O4S. The number of amides is 1. The van der Waals surface area contributed by atoms with Gasteiger partial charge in [-0.2, -0.15) is 5.26 Å². The molecule has 2 aromatic heterocycles. The largest absolute Gasteiger partial charge is 0.459 e. The van der Waals surface area contributed by atoms with E-state index >= 15 is 0 Å². The molecule has 0 fully saturated rings. The average Bonchev–Trinajstić information content (AvgIpc) is 3.43. The number of furan rings is 1. The van der Waals surface area contributed by atoms with Crippen molar-refractivity contribution >= 4 is 57.5 Å². The predicted octanol–water partition coefficient (Wildman–Crippen LogP) is 7.30. The Morgan fingerprint density at radius 2 is 1.94 bits per heavy atom. The number of carbonyl (C=O) groups is 2. The highest BCUT2D eigenvalue weighted by molar-refractivity contribution is 7.17. The Kier molecular flexibility index (Phi) is 7.66. The van der Waals surface area contributed by atoms with Crippen LogP contribution in [0.15, 0.2) is 40.3 Å². The highest BCUT2D eigenvalue weighted by Crippen LogP contribution is 2.39. The molecule has 1 aliphatic carbocycles. The quantitative estimate of drug-likeness (QED) is 0.205. The Morgan fingerprint density at radius 3 is 2.66 bits per heavy atom. The Balaban J connectivity index is 1.59. The Hall–Kier alpha value is -3.05. The Labute approximate surface area is 217 Å². The van der Waals surface area contributed by atoms with Crippen LogP contribution < -0.4 is 5.32 Å². The fraction of sp³-hybridized carbons (Fsp3) is 0.269. The molecule has 1 amide bonds. The SMILES string of the molecule is CC(C)OC(=O)c1c(NC(=O)C(C#N)=Cc2ccc(-c3ccc(Cl)c(Cl)c3)o2)sc2c1CCCC2. The van der Waals surface area contributed by atoms with E-state index in [-0.39, 0.29) is 11.7 Å². The number of carbonyl (C=O) groups excluding carboxylic acids is 2. The Morgan fingerprint density at radius 1 is 1.17 bits per heavy atom. The monoisotopic (exact) mass is 528 g/mol. The number of rotatable bonds is 6. The summed E-state index contributed by atoms with van der Waals surface area (Å²) in [5, 5.41) is 13.6. The number of aryl methyl sites for hydroxylation is 1. The van der Waals surface area contributed by atoms with Gasteiger partial charge < -0.3 is 14.5 Å². The second kappa shape index (κ2) is 10.7. The van der Waals surface area contributed by atoms with E-state index in [1.54, 1.807) is 44.2 Å². The van der Waals surface area contributed by atoms with Crippen LogP contribution in [0.1, 0.15) is 53.2 Å². The molecule has 4 rings (SSSR count). The lowest BCUT2D eigenvalue weighted by molar-refractivity contribution is -0.112. The van der Waals surface area contributed by atoms with Crippen molar-refractivity contribution in [2.75, 3.05) is 5.32 Å². The maximum atomic E-state index is 13.0. The first-order valence-electron chi connectivity index (χ1n) is 11.1. The number of nitrogens with one attached hydrogen (secondary N) is 1. The van der Waals surface area contributed by atoms with Crippen molar-refractivity contribution in [3.8, 4) is 17.4 Å². The molecule has 3 aromatic rings. The molecule has 0 radical (unpaired) electrons. The molecule has 0 saturated heterocycles. The summed E-state index contributed by atoms with van der Waals surface area (Å²) in [6, 6.07) is 10.4. The summed E-state index contributed by atoms with van der Waals surface area (Å²) in [7, 11) is 0. The third kappa shape index (κ3) is 5.62. The van der Waals surface area contributed by atoms with Gasteiger partial charge in [0.2, 0.25) is 0 Å². The van der Waals surface area contributed by atoms with Crippen molar-refractivity contribution in [3.05, 3.63) is 67.7 Å². The van der Waals surface area contributed by atoms with Gasteiger partial charge in [0.25, 0.3) is 5.91 Å². The second-order valence-electron chi connectivity index (χ2n) is 8.32. The number of ether oxygens (including phenoxy) is 1. The normalized spacial score (nSPS) is 13.3. The van der Waals surface area contributed by atoms with Crippen molar-refractivity contribution in [1.82, 2.24) is 0 Å². The molecular weight excluding hydrogens is 507 g/mol. The molecule has 0 bridgehead atoms. The van der Waals surface area contributed by atoms with Gasteiger partial charge in [-0.1, -0.05) is 23.2 Å². The summed E-state index contributed by atoms with van der Waals surface area (Å²) in [6.45, 7) is 3.56. The van der Waals surface area contributed by atoms with E-state index in [1.807, 2.05) is 6.07 Å². The first kappa shape index (κ1) is 25.1. The zero-order chi connectivity index (χ0) is 25.1. The maximum Gasteiger partial charge on any atom is 0.341 e. The number of hydrogen-bond donors (Lipinski definition) is 1. The number of halogens is 2. The van der Waals surface area contributed by atoms with Gasteiger partial charge in [-0.25, -0.2) is 4.79 Å². The van der Waals surface area contributed by atoms with Crippen LogP contribution in [0.25, 0.3) is 17.4 Å². The first-order valence-corrected chi connectivity index (χ1v) is 12.7. The minimum Gasteiger partial charge on any atom is -0.459 e. The molecule has 180 valence electrons. The summed E-state index contributed by atoms with van der Waals surface area (Å²) in [5.74, 6) is -0.258. The fourth-order valence-electron chi connectivity index (χ4n) is 3.84. The van der Waals surface area contributed by atoms with Gasteiger partial charge in [0.1, 0.15) is 28.2 Å². The first-order chi connectivity index (χ1) is 16.8.